The van der Waals surface area contributed by atoms with E-state index in [2.05, 4.69) is 10.0 Å². The van der Waals surface area contributed by atoms with Crippen molar-refractivity contribution in [3.8, 4) is 5.75 Å². The Labute approximate surface area is 174 Å². The molecule has 3 aromatic carbocycles. The van der Waals surface area contributed by atoms with Crippen molar-refractivity contribution in [1.29, 1.82) is 0 Å². The van der Waals surface area contributed by atoms with Crippen molar-refractivity contribution in [3.63, 3.8) is 0 Å². The first-order chi connectivity index (χ1) is 13.8. The fourth-order valence-corrected chi connectivity index (χ4v) is 4.03. The van der Waals surface area contributed by atoms with Gasteiger partial charge in [0.1, 0.15) is 5.75 Å². The predicted molar refractivity (Wildman–Crippen MR) is 114 cm³/mol. The molecular weight excluding hydrogens is 412 g/mol. The van der Waals surface area contributed by atoms with Gasteiger partial charge in [0.25, 0.3) is 15.9 Å². The molecule has 0 saturated carbocycles. The van der Waals surface area contributed by atoms with Gasteiger partial charge >= 0.3 is 0 Å². The zero-order valence-electron chi connectivity index (χ0n) is 15.8. The minimum absolute atomic E-state index is 0.0544. The number of benzene rings is 3. The van der Waals surface area contributed by atoms with Crippen LogP contribution in [0, 0.1) is 6.92 Å². The number of sulfonamides is 1. The molecule has 8 heteroatoms. The predicted octanol–water partition coefficient (Wildman–Crippen LogP) is 4.71. The maximum atomic E-state index is 12.7. The summed E-state index contributed by atoms with van der Waals surface area (Å²) in [6.07, 6.45) is 0. The number of nitrogens with one attached hydrogen (secondary N) is 2. The van der Waals surface area contributed by atoms with Gasteiger partial charge in [-0.05, 0) is 55.0 Å². The molecule has 3 rings (SSSR count). The van der Waals surface area contributed by atoms with Crippen molar-refractivity contribution >= 4 is 38.9 Å². The number of rotatable bonds is 6. The first kappa shape index (κ1) is 20.7. The van der Waals surface area contributed by atoms with Gasteiger partial charge in [0, 0.05) is 5.56 Å². The molecule has 0 aliphatic carbocycles. The lowest BCUT2D eigenvalue weighted by molar-refractivity contribution is 0.102. The summed E-state index contributed by atoms with van der Waals surface area (Å²) in [6, 6.07) is 17.6. The third-order valence-electron chi connectivity index (χ3n) is 4.13. The topological polar surface area (TPSA) is 84.5 Å². The van der Waals surface area contributed by atoms with Gasteiger partial charge in [-0.3, -0.25) is 9.52 Å². The Hall–Kier alpha value is -3.03. The first-order valence-corrected chi connectivity index (χ1v) is 10.5. The molecule has 0 spiro atoms. The Kier molecular flexibility index (Phi) is 6.10. The van der Waals surface area contributed by atoms with E-state index in [1.165, 1.54) is 31.4 Å². The molecule has 29 heavy (non-hydrogen) atoms. The van der Waals surface area contributed by atoms with Crippen molar-refractivity contribution in [2.45, 2.75) is 11.8 Å². The smallest absolute Gasteiger partial charge is 0.261 e. The monoisotopic (exact) mass is 430 g/mol. The molecule has 0 fully saturated rings. The number of aryl methyl sites for hydroxylation is 1. The highest BCUT2D eigenvalue weighted by Crippen LogP contribution is 2.27. The Morgan fingerprint density at radius 1 is 0.966 bits per heavy atom. The van der Waals surface area contributed by atoms with Crippen LogP contribution in [-0.4, -0.2) is 21.4 Å². The van der Waals surface area contributed by atoms with Gasteiger partial charge < -0.3 is 10.1 Å². The number of halogens is 1. The maximum Gasteiger partial charge on any atom is 0.261 e. The average Bonchev–Trinajstić information content (AvgIpc) is 2.70. The van der Waals surface area contributed by atoms with E-state index in [4.69, 9.17) is 16.3 Å². The standard InChI is InChI=1S/C21H19ClN2O4S/c1-14-10-11-20(28-2)19(12-14)23-21(25)15-6-5-7-16(13-15)29(26,27)24-18-9-4-3-8-17(18)22/h3-13,24H,1-2H3,(H,23,25). The van der Waals surface area contributed by atoms with Gasteiger partial charge in [0.05, 0.1) is 28.4 Å². The molecule has 3 aromatic rings. The van der Waals surface area contributed by atoms with E-state index in [-0.39, 0.29) is 21.2 Å². The quantitative estimate of drug-likeness (QED) is 0.593. The number of carbonyl (C=O) groups excluding carboxylic acids is 1. The molecule has 1 amide bonds. The molecule has 0 aliphatic heterocycles. The summed E-state index contributed by atoms with van der Waals surface area (Å²) in [6.45, 7) is 1.89. The molecular formula is C21H19ClN2O4S. The van der Waals surface area contributed by atoms with E-state index in [0.717, 1.165) is 5.56 Å². The number of hydrogen-bond acceptors (Lipinski definition) is 4. The van der Waals surface area contributed by atoms with Crippen LogP contribution in [0.15, 0.2) is 71.6 Å². The van der Waals surface area contributed by atoms with E-state index in [9.17, 15) is 13.2 Å². The zero-order valence-corrected chi connectivity index (χ0v) is 17.3. The second-order valence-electron chi connectivity index (χ2n) is 6.27. The van der Waals surface area contributed by atoms with Crippen LogP contribution < -0.4 is 14.8 Å². The number of para-hydroxylation sites is 1. The molecule has 0 aliphatic rings. The van der Waals surface area contributed by atoms with Crippen molar-refractivity contribution < 1.29 is 17.9 Å². The van der Waals surface area contributed by atoms with Gasteiger partial charge in [0.2, 0.25) is 0 Å². The number of carbonyl (C=O) groups is 1. The number of hydrogen-bond donors (Lipinski definition) is 2. The normalized spacial score (nSPS) is 11.0. The van der Waals surface area contributed by atoms with Crippen LogP contribution in [0.2, 0.25) is 5.02 Å². The summed E-state index contributed by atoms with van der Waals surface area (Å²) >= 11 is 6.03. The zero-order chi connectivity index (χ0) is 21.0. The van der Waals surface area contributed by atoms with Crippen LogP contribution >= 0.6 is 11.6 Å². The second kappa shape index (κ2) is 8.55. The summed E-state index contributed by atoms with van der Waals surface area (Å²) in [5.41, 5.74) is 1.89. The third kappa shape index (κ3) is 4.88. The van der Waals surface area contributed by atoms with Crippen LogP contribution in [0.5, 0.6) is 5.75 Å². The maximum absolute atomic E-state index is 12.7. The van der Waals surface area contributed by atoms with Crippen LogP contribution in [-0.2, 0) is 10.0 Å². The lowest BCUT2D eigenvalue weighted by atomic mass is 10.1. The van der Waals surface area contributed by atoms with Gasteiger partial charge in [0.15, 0.2) is 0 Å². The molecule has 0 aromatic heterocycles. The highest BCUT2D eigenvalue weighted by atomic mass is 35.5. The summed E-state index contributed by atoms with van der Waals surface area (Å²) in [4.78, 5) is 12.6. The van der Waals surface area contributed by atoms with Crippen LogP contribution in [0.4, 0.5) is 11.4 Å². The molecule has 2 N–H and O–H groups in total. The summed E-state index contributed by atoms with van der Waals surface area (Å²) < 4.78 is 33.1. The highest BCUT2D eigenvalue weighted by Gasteiger charge is 2.18. The number of methoxy groups -OCH3 is 1. The fourth-order valence-electron chi connectivity index (χ4n) is 2.67. The van der Waals surface area contributed by atoms with Crippen molar-refractivity contribution in [2.24, 2.45) is 0 Å². The fraction of sp³-hybridized carbons (Fsp3) is 0.0952. The second-order valence-corrected chi connectivity index (χ2v) is 8.36. The Morgan fingerprint density at radius 2 is 1.72 bits per heavy atom. The van der Waals surface area contributed by atoms with Gasteiger partial charge in [-0.25, -0.2) is 8.42 Å². The minimum atomic E-state index is -3.92. The first-order valence-electron chi connectivity index (χ1n) is 8.63. The van der Waals surface area contributed by atoms with Gasteiger partial charge in [-0.2, -0.15) is 0 Å². The summed E-state index contributed by atoms with van der Waals surface area (Å²) in [5, 5.41) is 3.03. The molecule has 6 nitrogen and oxygen atoms in total. The van der Waals surface area contributed by atoms with Crippen LogP contribution in [0.1, 0.15) is 15.9 Å². The molecule has 150 valence electrons. The summed E-state index contributed by atoms with van der Waals surface area (Å²) in [7, 11) is -2.42. The highest BCUT2D eigenvalue weighted by molar-refractivity contribution is 7.92. The summed E-state index contributed by atoms with van der Waals surface area (Å²) in [5.74, 6) is 0.0526. The lowest BCUT2D eigenvalue weighted by Gasteiger charge is -2.12. The molecule has 0 radical (unpaired) electrons. The van der Waals surface area contributed by atoms with E-state index in [1.54, 1.807) is 36.4 Å². The Bertz CT molecular complexity index is 1160. The number of ether oxygens (including phenoxy) is 1. The van der Waals surface area contributed by atoms with E-state index < -0.39 is 15.9 Å². The van der Waals surface area contributed by atoms with Gasteiger partial charge in [-0.1, -0.05) is 35.9 Å². The molecule has 0 atom stereocenters. The average molecular weight is 431 g/mol. The molecule has 0 heterocycles. The van der Waals surface area contributed by atoms with Crippen LogP contribution in [0.25, 0.3) is 0 Å². The van der Waals surface area contributed by atoms with Crippen molar-refractivity contribution in [3.05, 3.63) is 82.9 Å². The van der Waals surface area contributed by atoms with E-state index in [0.29, 0.717) is 11.4 Å². The van der Waals surface area contributed by atoms with Crippen molar-refractivity contribution in [2.75, 3.05) is 17.1 Å². The molecule has 0 bridgehead atoms. The van der Waals surface area contributed by atoms with E-state index in [1.807, 2.05) is 13.0 Å². The number of anilines is 2. The van der Waals surface area contributed by atoms with Crippen molar-refractivity contribution in [1.82, 2.24) is 0 Å². The van der Waals surface area contributed by atoms with E-state index >= 15 is 0 Å². The molecule has 0 saturated heterocycles. The lowest BCUT2D eigenvalue weighted by Crippen LogP contribution is -2.16. The third-order valence-corrected chi connectivity index (χ3v) is 5.82. The Balaban J connectivity index is 1.86. The minimum Gasteiger partial charge on any atom is -0.495 e. The Morgan fingerprint density at radius 3 is 2.45 bits per heavy atom. The molecule has 0 unspecified atom stereocenters. The van der Waals surface area contributed by atoms with Gasteiger partial charge in [-0.15, -0.1) is 0 Å². The number of amides is 1. The van der Waals surface area contributed by atoms with Crippen LogP contribution in [0.3, 0.4) is 0 Å². The SMILES string of the molecule is COc1ccc(C)cc1NC(=O)c1cccc(S(=O)(=O)Nc2ccccc2Cl)c1. The largest absolute Gasteiger partial charge is 0.495 e.